The maximum atomic E-state index is 12.7. The van der Waals surface area contributed by atoms with Crippen LogP contribution in [0.5, 0.6) is 17.2 Å². The van der Waals surface area contributed by atoms with E-state index in [-0.39, 0.29) is 17.4 Å². The molecule has 174 valence electrons. The van der Waals surface area contributed by atoms with E-state index in [1.165, 1.54) is 4.31 Å². The molecule has 2 aromatic rings. The molecule has 1 aliphatic heterocycles. The minimum Gasteiger partial charge on any atom is -0.497 e. The second-order valence-corrected chi connectivity index (χ2v) is 9.45. The Bertz CT molecular complexity index is 971. The molecule has 1 heterocycles. The van der Waals surface area contributed by atoms with E-state index in [0.29, 0.717) is 36.9 Å². The van der Waals surface area contributed by atoms with Crippen molar-refractivity contribution < 1.29 is 27.4 Å². The third-order valence-corrected chi connectivity index (χ3v) is 7.10. The van der Waals surface area contributed by atoms with Gasteiger partial charge in [0.25, 0.3) is 5.91 Å². The molecule has 8 nitrogen and oxygen atoms in total. The molecule has 2 aromatic carbocycles. The van der Waals surface area contributed by atoms with Gasteiger partial charge in [0.15, 0.2) is 6.10 Å². The van der Waals surface area contributed by atoms with Gasteiger partial charge >= 0.3 is 0 Å². The summed E-state index contributed by atoms with van der Waals surface area (Å²) in [6, 6.07) is 13.4. The number of methoxy groups -OCH3 is 1. The van der Waals surface area contributed by atoms with Crippen molar-refractivity contribution in [2.75, 3.05) is 33.4 Å². The molecule has 1 aliphatic rings. The van der Waals surface area contributed by atoms with Gasteiger partial charge in [0.2, 0.25) is 10.0 Å². The van der Waals surface area contributed by atoms with Crippen LogP contribution in [0.15, 0.2) is 53.4 Å². The summed E-state index contributed by atoms with van der Waals surface area (Å²) >= 11 is 0. The number of nitrogens with zero attached hydrogens (tertiary/aromatic N) is 1. The van der Waals surface area contributed by atoms with Gasteiger partial charge in [-0.05, 0) is 68.3 Å². The van der Waals surface area contributed by atoms with Crippen molar-refractivity contribution in [2.45, 2.75) is 37.2 Å². The summed E-state index contributed by atoms with van der Waals surface area (Å²) in [5.74, 6) is 1.57. The van der Waals surface area contributed by atoms with Crippen LogP contribution < -0.4 is 19.5 Å². The number of sulfonamides is 1. The van der Waals surface area contributed by atoms with Gasteiger partial charge in [0.1, 0.15) is 23.9 Å². The molecule has 1 unspecified atom stereocenters. The molecule has 0 radical (unpaired) electrons. The van der Waals surface area contributed by atoms with E-state index in [4.69, 9.17) is 14.2 Å². The van der Waals surface area contributed by atoms with Crippen LogP contribution in [0.2, 0.25) is 0 Å². The molecule has 1 N–H and O–H groups in total. The number of nitrogens with one attached hydrogen (secondary N) is 1. The Morgan fingerprint density at radius 1 is 0.969 bits per heavy atom. The van der Waals surface area contributed by atoms with Crippen LogP contribution in [-0.2, 0) is 14.8 Å². The zero-order valence-electron chi connectivity index (χ0n) is 18.5. The van der Waals surface area contributed by atoms with Crippen LogP contribution in [0.4, 0.5) is 0 Å². The quantitative estimate of drug-likeness (QED) is 0.546. The van der Waals surface area contributed by atoms with Crippen molar-refractivity contribution in [3.8, 4) is 17.2 Å². The first kappa shape index (κ1) is 23.9. The van der Waals surface area contributed by atoms with Crippen molar-refractivity contribution in [1.29, 1.82) is 0 Å². The number of ether oxygens (including phenoxy) is 3. The smallest absolute Gasteiger partial charge is 0.260 e. The Hall–Kier alpha value is -2.78. The first-order valence-corrected chi connectivity index (χ1v) is 12.2. The molecular weight excluding hydrogens is 432 g/mol. The average molecular weight is 463 g/mol. The molecule has 1 atom stereocenters. The summed E-state index contributed by atoms with van der Waals surface area (Å²) in [4.78, 5) is 12.5. The van der Waals surface area contributed by atoms with E-state index in [2.05, 4.69) is 5.32 Å². The van der Waals surface area contributed by atoms with Crippen molar-refractivity contribution in [2.24, 2.45) is 0 Å². The van der Waals surface area contributed by atoms with Gasteiger partial charge < -0.3 is 19.5 Å². The Kier molecular flexibility index (Phi) is 8.35. The molecule has 9 heteroatoms. The molecule has 0 spiro atoms. The number of hydrogen-bond donors (Lipinski definition) is 1. The molecule has 0 bridgehead atoms. The molecule has 1 fully saturated rings. The summed E-state index contributed by atoms with van der Waals surface area (Å²) < 4.78 is 43.2. The van der Waals surface area contributed by atoms with E-state index >= 15 is 0 Å². The number of piperidine rings is 1. The van der Waals surface area contributed by atoms with Gasteiger partial charge in [-0.2, -0.15) is 4.31 Å². The number of rotatable bonds is 10. The number of hydrogen-bond acceptors (Lipinski definition) is 6. The third kappa shape index (κ3) is 6.37. The van der Waals surface area contributed by atoms with Crippen LogP contribution in [0.25, 0.3) is 0 Å². The molecular formula is C23H30N2O6S. The van der Waals surface area contributed by atoms with Crippen LogP contribution in [0, 0.1) is 0 Å². The SMILES string of the molecule is COc1ccc(OC(C)C(=O)NCCOc2ccc(S(=O)(=O)N3CCCCC3)cc2)cc1. The summed E-state index contributed by atoms with van der Waals surface area (Å²) in [7, 11) is -1.87. The van der Waals surface area contributed by atoms with E-state index in [1.54, 1.807) is 62.6 Å². The zero-order valence-corrected chi connectivity index (χ0v) is 19.3. The highest BCUT2D eigenvalue weighted by Gasteiger charge is 2.25. The van der Waals surface area contributed by atoms with Gasteiger partial charge in [0.05, 0.1) is 18.6 Å². The highest BCUT2D eigenvalue weighted by Crippen LogP contribution is 2.22. The van der Waals surface area contributed by atoms with E-state index < -0.39 is 16.1 Å². The van der Waals surface area contributed by atoms with Crippen LogP contribution in [-0.4, -0.2) is 58.1 Å². The van der Waals surface area contributed by atoms with E-state index in [1.807, 2.05) is 0 Å². The summed E-state index contributed by atoms with van der Waals surface area (Å²) in [6.45, 7) is 3.35. The second kappa shape index (κ2) is 11.2. The Labute approximate surface area is 189 Å². The van der Waals surface area contributed by atoms with Gasteiger partial charge in [-0.15, -0.1) is 0 Å². The lowest BCUT2D eigenvalue weighted by atomic mass is 10.2. The predicted octanol–water partition coefficient (Wildman–Crippen LogP) is 2.83. The normalized spacial score (nSPS) is 15.6. The molecule has 0 aliphatic carbocycles. The highest BCUT2D eigenvalue weighted by molar-refractivity contribution is 7.89. The van der Waals surface area contributed by atoms with Gasteiger partial charge in [-0.1, -0.05) is 6.42 Å². The number of carbonyl (C=O) groups is 1. The van der Waals surface area contributed by atoms with Crippen molar-refractivity contribution in [1.82, 2.24) is 9.62 Å². The average Bonchev–Trinajstić information content (AvgIpc) is 2.83. The lowest BCUT2D eigenvalue weighted by molar-refractivity contribution is -0.127. The predicted molar refractivity (Wildman–Crippen MR) is 121 cm³/mol. The van der Waals surface area contributed by atoms with Crippen LogP contribution >= 0.6 is 0 Å². The maximum Gasteiger partial charge on any atom is 0.260 e. The maximum absolute atomic E-state index is 12.7. The summed E-state index contributed by atoms with van der Waals surface area (Å²) in [5.41, 5.74) is 0. The first-order chi connectivity index (χ1) is 15.4. The summed E-state index contributed by atoms with van der Waals surface area (Å²) in [6.07, 6.45) is 2.20. The number of carbonyl (C=O) groups excluding carboxylic acids is 1. The standard InChI is InChI=1S/C23H30N2O6S/c1-18(31-21-8-6-19(29-2)7-9-21)23(26)24-14-17-30-20-10-12-22(13-11-20)32(27,28)25-15-4-3-5-16-25/h6-13,18H,3-5,14-17H2,1-2H3,(H,24,26). The lowest BCUT2D eigenvalue weighted by Crippen LogP contribution is -2.38. The van der Waals surface area contributed by atoms with Crippen molar-refractivity contribution in [3.63, 3.8) is 0 Å². The van der Waals surface area contributed by atoms with Gasteiger partial charge in [-0.3, -0.25) is 4.79 Å². The highest BCUT2D eigenvalue weighted by atomic mass is 32.2. The minimum absolute atomic E-state index is 0.249. The lowest BCUT2D eigenvalue weighted by Gasteiger charge is -2.25. The molecule has 1 amide bonds. The van der Waals surface area contributed by atoms with E-state index in [0.717, 1.165) is 19.3 Å². The Balaban J connectivity index is 1.41. The molecule has 32 heavy (non-hydrogen) atoms. The third-order valence-electron chi connectivity index (χ3n) is 5.19. The van der Waals surface area contributed by atoms with Crippen LogP contribution in [0.1, 0.15) is 26.2 Å². The largest absolute Gasteiger partial charge is 0.497 e. The molecule has 0 aromatic heterocycles. The fourth-order valence-corrected chi connectivity index (χ4v) is 4.88. The number of amides is 1. The Morgan fingerprint density at radius 3 is 2.19 bits per heavy atom. The fraction of sp³-hybridized carbons (Fsp3) is 0.435. The monoisotopic (exact) mass is 462 g/mol. The van der Waals surface area contributed by atoms with E-state index in [9.17, 15) is 13.2 Å². The van der Waals surface area contributed by atoms with Gasteiger partial charge in [-0.25, -0.2) is 8.42 Å². The van der Waals surface area contributed by atoms with Crippen molar-refractivity contribution >= 4 is 15.9 Å². The minimum atomic E-state index is -3.45. The molecule has 0 saturated carbocycles. The zero-order chi connectivity index (χ0) is 23.0. The molecule has 3 rings (SSSR count). The van der Waals surface area contributed by atoms with Crippen LogP contribution in [0.3, 0.4) is 0 Å². The topological polar surface area (TPSA) is 94.2 Å². The first-order valence-electron chi connectivity index (χ1n) is 10.7. The van der Waals surface area contributed by atoms with Gasteiger partial charge in [0, 0.05) is 13.1 Å². The fourth-order valence-electron chi connectivity index (χ4n) is 3.36. The molecule has 1 saturated heterocycles. The Morgan fingerprint density at radius 2 is 1.56 bits per heavy atom. The second-order valence-electron chi connectivity index (χ2n) is 7.51. The van der Waals surface area contributed by atoms with Crippen molar-refractivity contribution in [3.05, 3.63) is 48.5 Å². The summed E-state index contributed by atoms with van der Waals surface area (Å²) in [5, 5.41) is 2.76. The number of benzene rings is 2.